The molecule has 2 amide bonds. The minimum atomic E-state index is -0.538. The van der Waals surface area contributed by atoms with Crippen molar-refractivity contribution in [1.29, 1.82) is 0 Å². The number of nitrogens with two attached hydrogens (primary N) is 1. The van der Waals surface area contributed by atoms with Gasteiger partial charge in [0.1, 0.15) is 5.58 Å². The lowest BCUT2D eigenvalue weighted by Crippen LogP contribution is -2.32. The van der Waals surface area contributed by atoms with Gasteiger partial charge < -0.3 is 15.5 Å². The molecule has 1 aromatic heterocycles. The summed E-state index contributed by atoms with van der Waals surface area (Å²) in [7, 11) is 0. The zero-order valence-electron chi connectivity index (χ0n) is 9.35. The third kappa shape index (κ3) is 2.47. The number of benzene rings is 1. The van der Waals surface area contributed by atoms with E-state index in [0.717, 1.165) is 16.5 Å². The van der Waals surface area contributed by atoms with Gasteiger partial charge in [0, 0.05) is 5.39 Å². The Morgan fingerprint density at radius 1 is 1.53 bits per heavy atom. The first-order valence-corrected chi connectivity index (χ1v) is 5.34. The highest BCUT2D eigenvalue weighted by molar-refractivity contribution is 5.78. The van der Waals surface area contributed by atoms with Gasteiger partial charge in [-0.15, -0.1) is 6.58 Å². The maximum absolute atomic E-state index is 10.9. The minimum Gasteiger partial charge on any atom is -0.464 e. The number of amides is 2. The SMILES string of the molecule is C=CC[C@@H](NC(N)=O)c1ccc2occc2c1. The largest absolute Gasteiger partial charge is 0.464 e. The van der Waals surface area contributed by atoms with Crippen molar-refractivity contribution in [3.8, 4) is 0 Å². The van der Waals surface area contributed by atoms with Gasteiger partial charge >= 0.3 is 6.03 Å². The molecule has 0 unspecified atom stereocenters. The maximum atomic E-state index is 10.9. The average molecular weight is 230 g/mol. The van der Waals surface area contributed by atoms with Crippen LogP contribution in [0, 0.1) is 0 Å². The van der Waals surface area contributed by atoms with E-state index in [1.165, 1.54) is 0 Å². The van der Waals surface area contributed by atoms with Gasteiger partial charge in [-0.1, -0.05) is 12.1 Å². The lowest BCUT2D eigenvalue weighted by atomic mass is 10.0. The predicted molar refractivity (Wildman–Crippen MR) is 66.5 cm³/mol. The molecule has 0 spiro atoms. The molecule has 1 atom stereocenters. The summed E-state index contributed by atoms with van der Waals surface area (Å²) < 4.78 is 5.26. The van der Waals surface area contributed by atoms with Gasteiger partial charge in [0.05, 0.1) is 12.3 Å². The summed E-state index contributed by atoms with van der Waals surface area (Å²) >= 11 is 0. The molecule has 88 valence electrons. The van der Waals surface area contributed by atoms with Crippen molar-refractivity contribution in [1.82, 2.24) is 5.32 Å². The van der Waals surface area contributed by atoms with Gasteiger partial charge in [-0.05, 0) is 30.2 Å². The highest BCUT2D eigenvalue weighted by atomic mass is 16.3. The summed E-state index contributed by atoms with van der Waals surface area (Å²) in [5.74, 6) is 0. The summed E-state index contributed by atoms with van der Waals surface area (Å²) in [6.45, 7) is 3.67. The van der Waals surface area contributed by atoms with Crippen molar-refractivity contribution in [3.05, 3.63) is 48.7 Å². The molecule has 0 aliphatic heterocycles. The van der Waals surface area contributed by atoms with Gasteiger partial charge in [0.2, 0.25) is 0 Å². The first-order chi connectivity index (χ1) is 8.20. The van der Waals surface area contributed by atoms with E-state index >= 15 is 0 Å². The molecular formula is C13H14N2O2. The number of carbonyl (C=O) groups is 1. The Balaban J connectivity index is 2.32. The van der Waals surface area contributed by atoms with Gasteiger partial charge in [-0.2, -0.15) is 0 Å². The average Bonchev–Trinajstić information content (AvgIpc) is 2.74. The number of rotatable bonds is 4. The second-order valence-electron chi connectivity index (χ2n) is 3.80. The van der Waals surface area contributed by atoms with Crippen molar-refractivity contribution in [2.75, 3.05) is 0 Å². The number of primary amides is 1. The molecule has 1 aromatic carbocycles. The molecule has 3 N–H and O–H groups in total. The van der Waals surface area contributed by atoms with Crippen LogP contribution in [0.25, 0.3) is 11.0 Å². The monoisotopic (exact) mass is 230 g/mol. The molecule has 0 bridgehead atoms. The number of fused-ring (bicyclic) bond motifs is 1. The third-order valence-corrected chi connectivity index (χ3v) is 2.60. The van der Waals surface area contributed by atoms with Crippen molar-refractivity contribution >= 4 is 17.0 Å². The van der Waals surface area contributed by atoms with Gasteiger partial charge in [0.15, 0.2) is 0 Å². The third-order valence-electron chi connectivity index (χ3n) is 2.60. The normalized spacial score (nSPS) is 12.2. The van der Waals surface area contributed by atoms with Crippen molar-refractivity contribution in [2.24, 2.45) is 5.73 Å². The highest BCUT2D eigenvalue weighted by Gasteiger charge is 2.12. The van der Waals surface area contributed by atoms with Crippen molar-refractivity contribution in [3.63, 3.8) is 0 Å². The molecule has 0 aliphatic rings. The van der Waals surface area contributed by atoms with Crippen LogP contribution in [0.4, 0.5) is 4.79 Å². The number of hydrogen-bond acceptors (Lipinski definition) is 2. The van der Waals surface area contributed by atoms with Crippen LogP contribution in [0.3, 0.4) is 0 Å². The van der Waals surface area contributed by atoms with E-state index in [-0.39, 0.29) is 6.04 Å². The van der Waals surface area contributed by atoms with Gasteiger partial charge in [-0.25, -0.2) is 4.79 Å². The van der Waals surface area contributed by atoms with Crippen LogP contribution >= 0.6 is 0 Å². The molecule has 4 heteroatoms. The van der Waals surface area contributed by atoms with Gasteiger partial charge in [0.25, 0.3) is 0 Å². The van der Waals surface area contributed by atoms with Crippen LogP contribution in [0.2, 0.25) is 0 Å². The molecule has 0 aliphatic carbocycles. The lowest BCUT2D eigenvalue weighted by molar-refractivity contribution is 0.245. The predicted octanol–water partition coefficient (Wildman–Crippen LogP) is 2.72. The van der Waals surface area contributed by atoms with Crippen LogP contribution in [-0.4, -0.2) is 6.03 Å². The maximum Gasteiger partial charge on any atom is 0.312 e. The van der Waals surface area contributed by atoms with Gasteiger partial charge in [-0.3, -0.25) is 0 Å². The Bertz CT molecular complexity index is 545. The molecule has 4 nitrogen and oxygen atoms in total. The molecule has 0 radical (unpaired) electrons. The van der Waals surface area contributed by atoms with E-state index in [1.54, 1.807) is 12.3 Å². The number of furan rings is 1. The Morgan fingerprint density at radius 3 is 3.06 bits per heavy atom. The lowest BCUT2D eigenvalue weighted by Gasteiger charge is -2.16. The summed E-state index contributed by atoms with van der Waals surface area (Å²) in [6.07, 6.45) is 4.02. The quantitative estimate of drug-likeness (QED) is 0.793. The van der Waals surface area contributed by atoms with Crippen LogP contribution in [-0.2, 0) is 0 Å². The molecule has 1 heterocycles. The fourth-order valence-corrected chi connectivity index (χ4v) is 1.82. The van der Waals surface area contributed by atoms with Crippen LogP contribution < -0.4 is 11.1 Å². The van der Waals surface area contributed by atoms with E-state index in [4.69, 9.17) is 10.2 Å². The van der Waals surface area contributed by atoms with Crippen LogP contribution in [0.15, 0.2) is 47.6 Å². The zero-order valence-corrected chi connectivity index (χ0v) is 9.35. The summed E-state index contributed by atoms with van der Waals surface area (Å²) in [4.78, 5) is 10.9. The van der Waals surface area contributed by atoms with E-state index < -0.39 is 6.03 Å². The van der Waals surface area contributed by atoms with E-state index in [2.05, 4.69) is 11.9 Å². The van der Waals surface area contributed by atoms with Crippen LogP contribution in [0.1, 0.15) is 18.0 Å². The second-order valence-corrected chi connectivity index (χ2v) is 3.80. The Morgan fingerprint density at radius 2 is 2.35 bits per heavy atom. The Kier molecular flexibility index (Phi) is 3.14. The summed E-state index contributed by atoms with van der Waals surface area (Å²) in [5, 5.41) is 3.69. The van der Waals surface area contributed by atoms with E-state index in [1.807, 2.05) is 24.3 Å². The summed E-state index contributed by atoms with van der Waals surface area (Å²) in [6, 6.07) is 6.96. The van der Waals surface area contributed by atoms with Crippen LogP contribution in [0.5, 0.6) is 0 Å². The highest BCUT2D eigenvalue weighted by Crippen LogP contribution is 2.23. The summed E-state index contributed by atoms with van der Waals surface area (Å²) in [5.41, 5.74) is 6.96. The molecular weight excluding hydrogens is 216 g/mol. The second kappa shape index (κ2) is 4.74. The topological polar surface area (TPSA) is 68.3 Å². The van der Waals surface area contributed by atoms with E-state index in [9.17, 15) is 4.79 Å². The fourth-order valence-electron chi connectivity index (χ4n) is 1.82. The first-order valence-electron chi connectivity index (χ1n) is 5.34. The molecule has 0 saturated heterocycles. The number of nitrogens with one attached hydrogen (secondary N) is 1. The first kappa shape index (κ1) is 11.3. The number of carbonyl (C=O) groups excluding carboxylic acids is 1. The fraction of sp³-hybridized carbons (Fsp3) is 0.154. The molecule has 0 fully saturated rings. The molecule has 2 aromatic rings. The standard InChI is InChI=1S/C13H14N2O2/c1-2-3-11(15-13(14)16)9-4-5-12-10(8-9)6-7-17-12/h2,4-8,11H,1,3H2,(H3,14,15,16)/t11-/m1/s1. The Hall–Kier alpha value is -2.23. The van der Waals surface area contributed by atoms with E-state index in [0.29, 0.717) is 6.42 Å². The Labute approximate surface area is 99.1 Å². The van der Waals surface area contributed by atoms with Crippen molar-refractivity contribution in [2.45, 2.75) is 12.5 Å². The zero-order chi connectivity index (χ0) is 12.3. The minimum absolute atomic E-state index is 0.149. The number of hydrogen-bond donors (Lipinski definition) is 2. The van der Waals surface area contributed by atoms with Crippen molar-refractivity contribution < 1.29 is 9.21 Å². The molecule has 2 rings (SSSR count). The molecule has 17 heavy (non-hydrogen) atoms. The number of urea groups is 1. The molecule has 0 saturated carbocycles. The smallest absolute Gasteiger partial charge is 0.312 e.